The van der Waals surface area contributed by atoms with Gasteiger partial charge in [0.25, 0.3) is 11.5 Å². The number of furan rings is 1. The lowest BCUT2D eigenvalue weighted by molar-refractivity contribution is 0.0594. The Labute approximate surface area is 201 Å². The molecule has 0 bridgehead atoms. The third-order valence-electron chi connectivity index (χ3n) is 6.61. The Hall–Kier alpha value is -3.92. The Kier molecular flexibility index (Phi) is 5.89. The van der Waals surface area contributed by atoms with E-state index in [4.69, 9.17) is 9.40 Å². The Balaban J connectivity index is 1.46. The zero-order valence-corrected chi connectivity index (χ0v) is 20.1. The number of hydrogen-bond donors (Lipinski definition) is 0. The topological polar surface area (TPSA) is 98.5 Å². The van der Waals surface area contributed by atoms with Gasteiger partial charge in [0.05, 0.1) is 12.8 Å². The molecule has 5 rings (SSSR count). The van der Waals surface area contributed by atoms with Crippen LogP contribution in [0.2, 0.25) is 0 Å². The quantitative estimate of drug-likeness (QED) is 0.431. The summed E-state index contributed by atoms with van der Waals surface area (Å²) in [5, 5.41) is 0. The van der Waals surface area contributed by atoms with Gasteiger partial charge in [-0.1, -0.05) is 29.8 Å². The maximum absolute atomic E-state index is 13.1. The maximum atomic E-state index is 13.1. The molecule has 1 aliphatic rings. The molecule has 1 aromatic carbocycles. The van der Waals surface area contributed by atoms with Crippen molar-refractivity contribution in [2.75, 3.05) is 26.2 Å². The lowest BCUT2D eigenvalue weighted by atomic mass is 10.1. The predicted molar refractivity (Wildman–Crippen MR) is 130 cm³/mol. The maximum Gasteiger partial charge on any atom is 0.332 e. The molecule has 1 fully saturated rings. The summed E-state index contributed by atoms with van der Waals surface area (Å²) >= 11 is 0. The smallest absolute Gasteiger partial charge is 0.332 e. The van der Waals surface area contributed by atoms with Crippen LogP contribution in [0.1, 0.15) is 27.5 Å². The number of nitrogens with zero attached hydrogens (tertiary/aromatic N) is 6. The minimum Gasteiger partial charge on any atom is -0.459 e. The van der Waals surface area contributed by atoms with Crippen molar-refractivity contribution in [2.45, 2.75) is 20.0 Å². The van der Waals surface area contributed by atoms with Gasteiger partial charge in [-0.15, -0.1) is 0 Å². The van der Waals surface area contributed by atoms with E-state index in [0.29, 0.717) is 62.0 Å². The number of amides is 1. The molecule has 0 saturated carbocycles. The van der Waals surface area contributed by atoms with E-state index in [-0.39, 0.29) is 11.5 Å². The van der Waals surface area contributed by atoms with Gasteiger partial charge in [0.1, 0.15) is 5.82 Å². The fraction of sp³-hybridized carbons (Fsp3) is 0.360. The number of carbonyl (C=O) groups excluding carboxylic acids is 1. The highest BCUT2D eigenvalue weighted by Gasteiger charge is 2.26. The SMILES string of the molecule is Cc1cccc(Cn2c(CN3CCN(C(=O)c4ccco4)CC3)nc3c2c(=O)n(C)c(=O)n3C)c1. The van der Waals surface area contributed by atoms with E-state index in [2.05, 4.69) is 11.0 Å². The van der Waals surface area contributed by atoms with Crippen molar-refractivity contribution >= 4 is 17.1 Å². The van der Waals surface area contributed by atoms with Crippen molar-refractivity contribution in [3.8, 4) is 0 Å². The molecule has 1 aliphatic heterocycles. The van der Waals surface area contributed by atoms with Gasteiger partial charge in [0.2, 0.25) is 0 Å². The molecule has 182 valence electrons. The summed E-state index contributed by atoms with van der Waals surface area (Å²) in [6.07, 6.45) is 1.50. The number of aryl methyl sites for hydroxylation is 2. The highest BCUT2D eigenvalue weighted by Crippen LogP contribution is 2.18. The van der Waals surface area contributed by atoms with Crippen LogP contribution >= 0.6 is 0 Å². The van der Waals surface area contributed by atoms with Crippen molar-refractivity contribution in [1.29, 1.82) is 0 Å². The molecule has 0 radical (unpaired) electrons. The van der Waals surface area contributed by atoms with Crippen molar-refractivity contribution in [3.05, 3.63) is 86.2 Å². The van der Waals surface area contributed by atoms with E-state index in [1.54, 1.807) is 24.1 Å². The van der Waals surface area contributed by atoms with E-state index in [1.165, 1.54) is 17.9 Å². The van der Waals surface area contributed by atoms with Crippen LogP contribution < -0.4 is 11.2 Å². The van der Waals surface area contributed by atoms with Crippen LogP contribution in [-0.2, 0) is 27.2 Å². The molecule has 1 saturated heterocycles. The number of carbonyl (C=O) groups is 1. The third kappa shape index (κ3) is 4.21. The minimum absolute atomic E-state index is 0.111. The highest BCUT2D eigenvalue weighted by molar-refractivity contribution is 5.91. The van der Waals surface area contributed by atoms with Crippen LogP contribution in [0.5, 0.6) is 0 Å². The number of imidazole rings is 1. The Bertz CT molecular complexity index is 1500. The molecule has 10 heteroatoms. The molecule has 3 aromatic heterocycles. The predicted octanol–water partition coefficient (Wildman–Crippen LogP) is 1.34. The normalized spacial score (nSPS) is 14.7. The Morgan fingerprint density at radius 2 is 1.77 bits per heavy atom. The number of fused-ring (bicyclic) bond motifs is 1. The second-order valence-electron chi connectivity index (χ2n) is 9.03. The molecule has 4 aromatic rings. The molecule has 0 atom stereocenters. The molecular formula is C25H28N6O4. The number of benzene rings is 1. The van der Waals surface area contributed by atoms with E-state index < -0.39 is 5.69 Å². The van der Waals surface area contributed by atoms with E-state index in [9.17, 15) is 14.4 Å². The van der Waals surface area contributed by atoms with E-state index in [0.717, 1.165) is 15.7 Å². The average Bonchev–Trinajstić information content (AvgIpc) is 3.51. The zero-order valence-electron chi connectivity index (χ0n) is 20.1. The minimum atomic E-state index is -0.403. The van der Waals surface area contributed by atoms with Gasteiger partial charge in [-0.3, -0.25) is 23.6 Å². The van der Waals surface area contributed by atoms with E-state index in [1.807, 2.05) is 29.7 Å². The summed E-state index contributed by atoms with van der Waals surface area (Å²) in [5.41, 5.74) is 2.22. The molecule has 10 nitrogen and oxygen atoms in total. The average molecular weight is 477 g/mol. The van der Waals surface area contributed by atoms with Crippen molar-refractivity contribution < 1.29 is 9.21 Å². The molecular weight excluding hydrogens is 448 g/mol. The summed E-state index contributed by atoms with van der Waals surface area (Å²) in [6, 6.07) is 11.5. The zero-order chi connectivity index (χ0) is 24.7. The Morgan fingerprint density at radius 1 is 1.00 bits per heavy atom. The second-order valence-corrected chi connectivity index (χ2v) is 9.03. The first-order chi connectivity index (χ1) is 16.8. The summed E-state index contributed by atoms with van der Waals surface area (Å²) < 4.78 is 9.72. The summed E-state index contributed by atoms with van der Waals surface area (Å²) in [6.45, 7) is 5.46. The fourth-order valence-corrected chi connectivity index (χ4v) is 4.64. The molecule has 0 unspecified atom stereocenters. The van der Waals surface area contributed by atoms with Crippen LogP contribution in [0, 0.1) is 6.92 Å². The lowest BCUT2D eigenvalue weighted by Gasteiger charge is -2.34. The summed E-state index contributed by atoms with van der Waals surface area (Å²) in [7, 11) is 3.12. The van der Waals surface area contributed by atoms with Crippen LogP contribution in [0.3, 0.4) is 0 Å². The van der Waals surface area contributed by atoms with Gasteiger partial charge < -0.3 is 13.9 Å². The van der Waals surface area contributed by atoms with Gasteiger partial charge in [-0.25, -0.2) is 9.78 Å². The van der Waals surface area contributed by atoms with E-state index >= 15 is 0 Å². The second kappa shape index (κ2) is 9.03. The highest BCUT2D eigenvalue weighted by atomic mass is 16.3. The number of aromatic nitrogens is 4. The fourth-order valence-electron chi connectivity index (χ4n) is 4.64. The first kappa shape index (κ1) is 22.9. The first-order valence-corrected chi connectivity index (χ1v) is 11.6. The monoisotopic (exact) mass is 476 g/mol. The number of piperazine rings is 1. The molecule has 4 heterocycles. The summed E-state index contributed by atoms with van der Waals surface area (Å²) in [4.78, 5) is 47.0. The van der Waals surface area contributed by atoms with Gasteiger partial charge in [-0.05, 0) is 24.6 Å². The van der Waals surface area contributed by atoms with Crippen molar-refractivity contribution in [2.24, 2.45) is 14.1 Å². The van der Waals surface area contributed by atoms with Gasteiger partial charge in [0, 0.05) is 46.8 Å². The van der Waals surface area contributed by atoms with Crippen molar-refractivity contribution in [1.82, 2.24) is 28.5 Å². The van der Waals surface area contributed by atoms with Crippen LogP contribution in [-0.4, -0.2) is 60.6 Å². The van der Waals surface area contributed by atoms with Crippen LogP contribution in [0.15, 0.2) is 56.7 Å². The van der Waals surface area contributed by atoms with Gasteiger partial charge in [-0.2, -0.15) is 0 Å². The third-order valence-corrected chi connectivity index (χ3v) is 6.61. The standard InChI is InChI=1S/C25H28N6O4/c1-17-6-4-7-18(14-17)15-31-20(26-22-21(31)24(33)28(3)25(34)27(22)2)16-29-9-11-30(12-10-29)23(32)19-8-5-13-35-19/h4-8,13-14H,9-12,15-16H2,1-3H3. The summed E-state index contributed by atoms with van der Waals surface area (Å²) in [5.74, 6) is 0.945. The largest absolute Gasteiger partial charge is 0.459 e. The molecule has 0 aliphatic carbocycles. The molecule has 0 spiro atoms. The van der Waals surface area contributed by atoms with Crippen LogP contribution in [0.4, 0.5) is 0 Å². The number of rotatable bonds is 5. The van der Waals surface area contributed by atoms with Gasteiger partial charge in [0.15, 0.2) is 16.9 Å². The molecule has 35 heavy (non-hydrogen) atoms. The molecule has 0 N–H and O–H groups in total. The first-order valence-electron chi connectivity index (χ1n) is 11.6. The molecule has 1 amide bonds. The number of hydrogen-bond acceptors (Lipinski definition) is 6. The van der Waals surface area contributed by atoms with Crippen molar-refractivity contribution in [3.63, 3.8) is 0 Å². The van der Waals surface area contributed by atoms with Gasteiger partial charge >= 0.3 is 5.69 Å². The van der Waals surface area contributed by atoms with Crippen LogP contribution in [0.25, 0.3) is 11.2 Å². The Morgan fingerprint density at radius 3 is 2.46 bits per heavy atom. The lowest BCUT2D eigenvalue weighted by Crippen LogP contribution is -2.48.